The minimum atomic E-state index is -2.39. The maximum absolute atomic E-state index is 12.6. The Bertz CT molecular complexity index is 235. The minimum Gasteiger partial charge on any atom is -0.374 e. The Labute approximate surface area is 89.4 Å². The molecular weight excluding hydrogens is 200 g/mol. The van der Waals surface area contributed by atoms with Crippen LogP contribution in [0.25, 0.3) is 0 Å². The Kier molecular flexibility index (Phi) is 2.75. The monoisotopic (exact) mass is 219 g/mol. The van der Waals surface area contributed by atoms with Crippen LogP contribution in [-0.4, -0.2) is 30.7 Å². The summed E-state index contributed by atoms with van der Waals surface area (Å²) in [5.41, 5.74) is -0.0543. The Balaban J connectivity index is 1.64. The number of ether oxygens (including phenoxy) is 1. The largest absolute Gasteiger partial charge is 0.374 e. The molecule has 88 valence electrons. The van der Waals surface area contributed by atoms with E-state index in [9.17, 15) is 8.78 Å². The molecule has 1 saturated heterocycles. The van der Waals surface area contributed by atoms with Crippen LogP contribution in [0.1, 0.15) is 33.1 Å². The average Bonchev–Trinajstić information content (AvgIpc) is 2.38. The fraction of sp³-hybridized carbons (Fsp3) is 1.00. The van der Waals surface area contributed by atoms with E-state index in [1.54, 1.807) is 0 Å². The lowest BCUT2D eigenvalue weighted by Gasteiger charge is -2.35. The Morgan fingerprint density at radius 3 is 2.40 bits per heavy atom. The molecule has 0 aromatic heterocycles. The van der Waals surface area contributed by atoms with Gasteiger partial charge in [0, 0.05) is 18.9 Å². The van der Waals surface area contributed by atoms with Crippen molar-refractivity contribution in [3.63, 3.8) is 0 Å². The molecular formula is C11H19F2NO. The van der Waals surface area contributed by atoms with Gasteiger partial charge in [0.1, 0.15) is 0 Å². The van der Waals surface area contributed by atoms with E-state index < -0.39 is 5.92 Å². The van der Waals surface area contributed by atoms with Crippen molar-refractivity contribution >= 4 is 0 Å². The number of rotatable bonds is 3. The lowest BCUT2D eigenvalue weighted by atomic mass is 9.81. The molecule has 0 aromatic carbocycles. The Morgan fingerprint density at radius 2 is 1.93 bits per heavy atom. The van der Waals surface area contributed by atoms with Gasteiger partial charge in [-0.2, -0.15) is 0 Å². The maximum Gasteiger partial charge on any atom is 0.248 e. The molecule has 1 unspecified atom stereocenters. The third-order valence-corrected chi connectivity index (χ3v) is 3.28. The fourth-order valence-corrected chi connectivity index (χ4v) is 2.43. The van der Waals surface area contributed by atoms with Gasteiger partial charge in [0.25, 0.3) is 0 Å². The summed E-state index contributed by atoms with van der Waals surface area (Å²) in [6.45, 7) is 5.54. The topological polar surface area (TPSA) is 21.3 Å². The van der Waals surface area contributed by atoms with Gasteiger partial charge in [0.15, 0.2) is 0 Å². The normalized spacial score (nSPS) is 34.0. The van der Waals surface area contributed by atoms with E-state index in [2.05, 4.69) is 19.2 Å². The third kappa shape index (κ3) is 2.88. The molecule has 1 aliphatic carbocycles. The molecule has 2 rings (SSSR count). The standard InChI is InChI=1S/C11H19F2NO/c1-10(2)5-9(7-15-10)14-6-8-3-11(12,13)4-8/h8-9,14H,3-7H2,1-2H3. The van der Waals surface area contributed by atoms with Crippen LogP contribution >= 0.6 is 0 Å². The molecule has 1 saturated carbocycles. The van der Waals surface area contributed by atoms with Crippen molar-refractivity contribution in [3.05, 3.63) is 0 Å². The van der Waals surface area contributed by atoms with Crippen molar-refractivity contribution in [2.75, 3.05) is 13.2 Å². The molecule has 2 aliphatic rings. The van der Waals surface area contributed by atoms with Crippen molar-refractivity contribution in [1.29, 1.82) is 0 Å². The smallest absolute Gasteiger partial charge is 0.248 e. The maximum atomic E-state index is 12.6. The summed E-state index contributed by atoms with van der Waals surface area (Å²) >= 11 is 0. The lowest BCUT2D eigenvalue weighted by Crippen LogP contribution is -2.44. The Hall–Kier alpha value is -0.220. The third-order valence-electron chi connectivity index (χ3n) is 3.28. The summed E-state index contributed by atoms with van der Waals surface area (Å²) in [6, 6.07) is 0.342. The van der Waals surface area contributed by atoms with E-state index in [4.69, 9.17) is 4.74 Å². The first-order valence-corrected chi connectivity index (χ1v) is 5.61. The molecule has 0 bridgehead atoms. The second kappa shape index (κ2) is 3.67. The first-order chi connectivity index (χ1) is 6.86. The number of alkyl halides is 2. The second-order valence-electron chi connectivity index (χ2n) is 5.51. The van der Waals surface area contributed by atoms with Crippen molar-refractivity contribution in [1.82, 2.24) is 5.32 Å². The SMILES string of the molecule is CC1(C)CC(NCC2CC(F)(F)C2)CO1. The van der Waals surface area contributed by atoms with Gasteiger partial charge in [-0.15, -0.1) is 0 Å². The van der Waals surface area contributed by atoms with Crippen molar-refractivity contribution in [2.45, 2.75) is 50.7 Å². The van der Waals surface area contributed by atoms with Crippen LogP contribution < -0.4 is 5.32 Å². The van der Waals surface area contributed by atoms with Gasteiger partial charge in [-0.25, -0.2) is 8.78 Å². The quantitative estimate of drug-likeness (QED) is 0.785. The average molecular weight is 219 g/mol. The highest BCUT2D eigenvalue weighted by molar-refractivity contribution is 4.90. The van der Waals surface area contributed by atoms with Crippen LogP contribution in [0, 0.1) is 5.92 Å². The second-order valence-corrected chi connectivity index (χ2v) is 5.51. The molecule has 1 aliphatic heterocycles. The minimum absolute atomic E-state index is 0.0525. The predicted molar refractivity (Wildman–Crippen MR) is 54.1 cm³/mol. The van der Waals surface area contributed by atoms with Gasteiger partial charge in [0.2, 0.25) is 5.92 Å². The van der Waals surface area contributed by atoms with Crippen LogP contribution in [0.2, 0.25) is 0 Å². The van der Waals surface area contributed by atoms with E-state index >= 15 is 0 Å². The molecule has 2 fully saturated rings. The number of hydrogen-bond acceptors (Lipinski definition) is 2. The van der Waals surface area contributed by atoms with Gasteiger partial charge >= 0.3 is 0 Å². The van der Waals surface area contributed by atoms with Gasteiger partial charge in [-0.1, -0.05) is 0 Å². The molecule has 1 atom stereocenters. The highest BCUT2D eigenvalue weighted by Crippen LogP contribution is 2.42. The van der Waals surface area contributed by atoms with Crippen LogP contribution in [0.15, 0.2) is 0 Å². The van der Waals surface area contributed by atoms with Crippen LogP contribution in [-0.2, 0) is 4.74 Å². The summed E-state index contributed by atoms with van der Waals surface area (Å²) in [5, 5.41) is 3.32. The number of nitrogens with one attached hydrogen (secondary N) is 1. The van der Waals surface area contributed by atoms with Gasteiger partial charge < -0.3 is 10.1 Å². The predicted octanol–water partition coefficient (Wildman–Crippen LogP) is 2.19. The molecule has 1 heterocycles. The zero-order valence-corrected chi connectivity index (χ0v) is 9.35. The summed E-state index contributed by atoms with van der Waals surface area (Å²) in [4.78, 5) is 0. The molecule has 0 amide bonds. The van der Waals surface area contributed by atoms with Crippen LogP contribution in [0.5, 0.6) is 0 Å². The lowest BCUT2D eigenvalue weighted by molar-refractivity contribution is -0.109. The molecule has 4 heteroatoms. The first-order valence-electron chi connectivity index (χ1n) is 5.61. The molecule has 15 heavy (non-hydrogen) atoms. The zero-order chi connectivity index (χ0) is 11.1. The highest BCUT2D eigenvalue weighted by Gasteiger charge is 2.45. The first kappa shape index (κ1) is 11.3. The number of hydrogen-bond donors (Lipinski definition) is 1. The van der Waals surface area contributed by atoms with Gasteiger partial charge in [0.05, 0.1) is 12.2 Å². The summed E-state index contributed by atoms with van der Waals surface area (Å²) in [7, 11) is 0. The van der Waals surface area contributed by atoms with E-state index in [0.29, 0.717) is 19.2 Å². The molecule has 2 nitrogen and oxygen atoms in total. The molecule has 0 radical (unpaired) electrons. The summed E-state index contributed by atoms with van der Waals surface area (Å²) < 4.78 is 30.7. The molecule has 0 spiro atoms. The van der Waals surface area contributed by atoms with E-state index in [-0.39, 0.29) is 24.4 Å². The summed E-state index contributed by atoms with van der Waals surface area (Å²) in [6.07, 6.45) is 1.07. The van der Waals surface area contributed by atoms with E-state index in [1.165, 1.54) is 0 Å². The van der Waals surface area contributed by atoms with E-state index in [0.717, 1.165) is 6.42 Å². The highest BCUT2D eigenvalue weighted by atomic mass is 19.3. The van der Waals surface area contributed by atoms with Crippen LogP contribution in [0.4, 0.5) is 8.78 Å². The van der Waals surface area contributed by atoms with Gasteiger partial charge in [-0.3, -0.25) is 0 Å². The van der Waals surface area contributed by atoms with E-state index in [1.807, 2.05) is 0 Å². The molecule has 1 N–H and O–H groups in total. The zero-order valence-electron chi connectivity index (χ0n) is 9.35. The van der Waals surface area contributed by atoms with Gasteiger partial charge in [-0.05, 0) is 32.7 Å². The van der Waals surface area contributed by atoms with Crippen molar-refractivity contribution in [3.8, 4) is 0 Å². The van der Waals surface area contributed by atoms with Crippen molar-refractivity contribution < 1.29 is 13.5 Å². The molecule has 0 aromatic rings. The van der Waals surface area contributed by atoms with Crippen molar-refractivity contribution in [2.24, 2.45) is 5.92 Å². The fourth-order valence-electron chi connectivity index (χ4n) is 2.43. The number of halogens is 2. The summed E-state index contributed by atoms with van der Waals surface area (Å²) in [5.74, 6) is -2.23. The van der Waals surface area contributed by atoms with Crippen LogP contribution in [0.3, 0.4) is 0 Å². The Morgan fingerprint density at radius 1 is 1.27 bits per heavy atom.